The van der Waals surface area contributed by atoms with Gasteiger partial charge in [-0.1, -0.05) is 101 Å². The van der Waals surface area contributed by atoms with Crippen LogP contribution in [0.25, 0.3) is 0 Å². The zero-order chi connectivity index (χ0) is 26.3. The van der Waals surface area contributed by atoms with E-state index in [-0.39, 0.29) is 34.7 Å². The van der Waals surface area contributed by atoms with E-state index in [1.165, 1.54) is 17.3 Å². The molecular formula is C31H40O4Si. The molecule has 0 aromatic heterocycles. The SMILES string of the molecule is CC(=O)O[C@]1(C)[C@@H](O[Si](c2ccccc2)(c2ccccc2)C(C)(C)C)C[C@@H](C(C)C)C2=CC(=O)C[C@H]21. The summed E-state index contributed by atoms with van der Waals surface area (Å²) >= 11 is 0. The highest BCUT2D eigenvalue weighted by molar-refractivity contribution is 6.99. The lowest BCUT2D eigenvalue weighted by Gasteiger charge is -2.54. The van der Waals surface area contributed by atoms with Crippen molar-refractivity contribution in [2.45, 2.75) is 78.1 Å². The third kappa shape index (κ3) is 4.52. The number of carbonyl (C=O) groups excluding carboxylic acids is 2. The second-order valence-corrected chi connectivity index (χ2v) is 16.3. The van der Waals surface area contributed by atoms with Gasteiger partial charge >= 0.3 is 5.97 Å². The molecule has 2 aliphatic carbocycles. The molecule has 0 saturated heterocycles. The standard InChI is InChI=1S/C31H40O4Si/c1-21(2)26-20-29(31(7,34-22(3)32)28-19-23(33)18-27(26)28)35-36(30(4,5)6,24-14-10-8-11-15-24)25-16-12-9-13-17-25/h8-18,21,26,28-29H,19-20H2,1-7H3/t26-,28+,29-,31-/m0/s1. The fourth-order valence-corrected chi connectivity index (χ4v) is 11.3. The molecule has 4 atom stereocenters. The van der Waals surface area contributed by atoms with Gasteiger partial charge in [0.25, 0.3) is 8.32 Å². The van der Waals surface area contributed by atoms with E-state index in [1.54, 1.807) is 0 Å². The lowest BCUT2D eigenvalue weighted by Crippen LogP contribution is -2.71. The maximum atomic E-state index is 12.7. The minimum atomic E-state index is -2.90. The number of ketones is 1. The normalized spacial score (nSPS) is 26.5. The first-order valence-electron chi connectivity index (χ1n) is 13.1. The molecule has 0 N–H and O–H groups in total. The lowest BCUT2D eigenvalue weighted by atomic mass is 9.65. The van der Waals surface area contributed by atoms with E-state index in [0.29, 0.717) is 18.8 Å². The molecule has 1 saturated carbocycles. The highest BCUT2D eigenvalue weighted by Gasteiger charge is 2.60. The summed E-state index contributed by atoms with van der Waals surface area (Å²) in [5.74, 6) is 0.156. The summed E-state index contributed by atoms with van der Waals surface area (Å²) in [6.45, 7) is 14.6. The Morgan fingerprint density at radius 2 is 1.53 bits per heavy atom. The molecule has 4 rings (SSSR count). The van der Waals surface area contributed by atoms with Crippen LogP contribution in [0.5, 0.6) is 0 Å². The molecule has 2 aromatic carbocycles. The Hall–Kier alpha value is -2.50. The van der Waals surface area contributed by atoms with Crippen LogP contribution in [0.15, 0.2) is 72.3 Å². The van der Waals surface area contributed by atoms with Gasteiger partial charge in [0.1, 0.15) is 5.60 Å². The third-order valence-corrected chi connectivity index (χ3v) is 13.3. The van der Waals surface area contributed by atoms with E-state index in [9.17, 15) is 9.59 Å². The molecular weight excluding hydrogens is 464 g/mol. The zero-order valence-electron chi connectivity index (χ0n) is 22.7. The van der Waals surface area contributed by atoms with Gasteiger partial charge in [-0.25, -0.2) is 0 Å². The van der Waals surface area contributed by atoms with Crippen LogP contribution in [-0.4, -0.2) is 31.8 Å². The highest BCUT2D eigenvalue weighted by Crippen LogP contribution is 2.52. The minimum Gasteiger partial charge on any atom is -0.456 e. The topological polar surface area (TPSA) is 52.6 Å². The van der Waals surface area contributed by atoms with E-state index >= 15 is 0 Å². The summed E-state index contributed by atoms with van der Waals surface area (Å²) in [5.41, 5.74) is 0.198. The molecule has 0 amide bonds. The Bertz CT molecular complexity index is 1090. The molecule has 0 heterocycles. The van der Waals surface area contributed by atoms with Crippen LogP contribution in [0.4, 0.5) is 0 Å². The minimum absolute atomic E-state index is 0.116. The maximum Gasteiger partial charge on any atom is 0.303 e. The van der Waals surface area contributed by atoms with Gasteiger partial charge < -0.3 is 9.16 Å². The first-order chi connectivity index (χ1) is 16.9. The lowest BCUT2D eigenvalue weighted by molar-refractivity contribution is -0.181. The first kappa shape index (κ1) is 26.6. The fourth-order valence-electron chi connectivity index (χ4n) is 6.56. The van der Waals surface area contributed by atoms with Gasteiger partial charge in [-0.05, 0) is 46.7 Å². The number of esters is 1. The van der Waals surface area contributed by atoms with Gasteiger partial charge in [0.2, 0.25) is 0 Å². The van der Waals surface area contributed by atoms with Gasteiger partial charge in [-0.2, -0.15) is 0 Å². The van der Waals surface area contributed by atoms with E-state index in [1.807, 2.05) is 25.1 Å². The summed E-state index contributed by atoms with van der Waals surface area (Å²) in [4.78, 5) is 25.2. The van der Waals surface area contributed by atoms with Crippen LogP contribution in [0.1, 0.15) is 61.3 Å². The quantitative estimate of drug-likeness (QED) is 0.388. The summed E-state index contributed by atoms with van der Waals surface area (Å²) in [5, 5.41) is 2.18. The molecule has 2 aliphatic rings. The molecule has 0 spiro atoms. The Kier molecular flexibility index (Phi) is 7.19. The third-order valence-electron chi connectivity index (χ3n) is 8.27. The monoisotopic (exact) mass is 504 g/mol. The molecule has 192 valence electrons. The molecule has 5 heteroatoms. The summed E-state index contributed by atoms with van der Waals surface area (Å²) in [6.07, 6.45) is 2.54. The number of hydrogen-bond acceptors (Lipinski definition) is 4. The van der Waals surface area contributed by atoms with Crippen LogP contribution in [-0.2, 0) is 18.8 Å². The fraction of sp³-hybridized carbons (Fsp3) is 0.484. The van der Waals surface area contributed by atoms with Crippen molar-refractivity contribution in [1.29, 1.82) is 0 Å². The number of hydrogen-bond donors (Lipinski definition) is 0. The Labute approximate surface area is 217 Å². The van der Waals surface area contributed by atoms with Gasteiger partial charge in [0, 0.05) is 19.3 Å². The van der Waals surface area contributed by atoms with E-state index in [2.05, 4.69) is 83.1 Å². The Morgan fingerprint density at radius 1 is 1.00 bits per heavy atom. The summed E-state index contributed by atoms with van der Waals surface area (Å²) < 4.78 is 13.8. The number of benzene rings is 2. The smallest absolute Gasteiger partial charge is 0.303 e. The van der Waals surface area contributed by atoms with Crippen molar-refractivity contribution in [3.63, 3.8) is 0 Å². The predicted octanol–water partition coefficient (Wildman–Crippen LogP) is 5.44. The first-order valence-corrected chi connectivity index (χ1v) is 15.0. The van der Waals surface area contributed by atoms with Crippen molar-refractivity contribution in [3.8, 4) is 0 Å². The van der Waals surface area contributed by atoms with Crippen molar-refractivity contribution < 1.29 is 18.8 Å². The van der Waals surface area contributed by atoms with Crippen molar-refractivity contribution in [1.82, 2.24) is 0 Å². The van der Waals surface area contributed by atoms with Gasteiger partial charge in [-0.3, -0.25) is 9.59 Å². The Morgan fingerprint density at radius 3 is 1.97 bits per heavy atom. The van der Waals surface area contributed by atoms with Crippen molar-refractivity contribution in [3.05, 3.63) is 72.3 Å². The molecule has 1 fully saturated rings. The largest absolute Gasteiger partial charge is 0.456 e. The van der Waals surface area contributed by atoms with Gasteiger partial charge in [-0.15, -0.1) is 0 Å². The average Bonchev–Trinajstić information content (AvgIpc) is 3.21. The predicted molar refractivity (Wildman–Crippen MR) is 147 cm³/mol. The van der Waals surface area contributed by atoms with Crippen LogP contribution in [0, 0.1) is 17.8 Å². The number of rotatable bonds is 6. The zero-order valence-corrected chi connectivity index (χ0v) is 23.7. The van der Waals surface area contributed by atoms with E-state index in [4.69, 9.17) is 9.16 Å². The van der Waals surface area contributed by atoms with Crippen LogP contribution >= 0.6 is 0 Å². The molecule has 0 aliphatic heterocycles. The average molecular weight is 505 g/mol. The molecule has 0 radical (unpaired) electrons. The van der Waals surface area contributed by atoms with Crippen LogP contribution in [0.3, 0.4) is 0 Å². The molecule has 0 bridgehead atoms. The van der Waals surface area contributed by atoms with Crippen molar-refractivity contribution in [2.24, 2.45) is 17.8 Å². The van der Waals surface area contributed by atoms with Gasteiger partial charge in [0.15, 0.2) is 5.78 Å². The summed E-state index contributed by atoms with van der Waals surface area (Å²) in [7, 11) is -2.90. The second-order valence-electron chi connectivity index (χ2n) is 12.0. The van der Waals surface area contributed by atoms with E-state index in [0.717, 1.165) is 5.57 Å². The van der Waals surface area contributed by atoms with Crippen molar-refractivity contribution in [2.75, 3.05) is 0 Å². The highest BCUT2D eigenvalue weighted by atomic mass is 28.4. The van der Waals surface area contributed by atoms with Crippen LogP contribution in [0.2, 0.25) is 5.04 Å². The van der Waals surface area contributed by atoms with Gasteiger partial charge in [0.05, 0.1) is 6.10 Å². The van der Waals surface area contributed by atoms with Crippen molar-refractivity contribution >= 4 is 30.4 Å². The molecule has 2 aromatic rings. The van der Waals surface area contributed by atoms with E-state index < -0.39 is 13.9 Å². The molecule has 4 nitrogen and oxygen atoms in total. The Balaban J connectivity index is 1.93. The number of carbonyl (C=O) groups is 2. The molecule has 36 heavy (non-hydrogen) atoms. The number of fused-ring (bicyclic) bond motifs is 1. The van der Waals surface area contributed by atoms with Crippen LogP contribution < -0.4 is 10.4 Å². The molecule has 0 unspecified atom stereocenters. The second kappa shape index (κ2) is 9.75. The maximum absolute atomic E-state index is 12.7. The number of allylic oxidation sites excluding steroid dienone is 1. The number of ether oxygens (including phenoxy) is 1. The summed E-state index contributed by atoms with van der Waals surface area (Å²) in [6, 6.07) is 21.1.